The van der Waals surface area contributed by atoms with Crippen LogP contribution in [0, 0.1) is 0 Å². The molecule has 2 rings (SSSR count). The smallest absolute Gasteiger partial charge is 0.289 e. The van der Waals surface area contributed by atoms with Crippen molar-refractivity contribution in [1.82, 2.24) is 31.1 Å². The molecule has 0 saturated heterocycles. The molecule has 0 fully saturated rings. The molecule has 0 heterocycles. The number of likely N-dealkylation sites (N-methyl/N-ethyl adjacent to an activating group) is 2. The Morgan fingerprint density at radius 2 is 1.53 bits per heavy atom. The molecule has 2 aromatic carbocycles. The van der Waals surface area contributed by atoms with Crippen LogP contribution in [0.4, 0.5) is 0 Å². The van der Waals surface area contributed by atoms with Crippen LogP contribution in [0.5, 0.6) is 11.5 Å². The summed E-state index contributed by atoms with van der Waals surface area (Å²) in [5.74, 6) is -4.05. The van der Waals surface area contributed by atoms with Crippen LogP contribution in [0.2, 0.25) is 0 Å². The van der Waals surface area contributed by atoms with E-state index in [0.717, 1.165) is 4.90 Å². The van der Waals surface area contributed by atoms with Gasteiger partial charge in [0.1, 0.15) is 23.6 Å². The Morgan fingerprint density at radius 3 is 2.16 bits per heavy atom. The first-order valence-corrected chi connectivity index (χ1v) is 16.4. The highest BCUT2D eigenvalue weighted by Gasteiger charge is 2.28. The zero-order valence-corrected chi connectivity index (χ0v) is 29.7. The summed E-state index contributed by atoms with van der Waals surface area (Å²) in [4.78, 5) is 91.1. The molecule has 0 saturated carbocycles. The van der Waals surface area contributed by atoms with E-state index in [1.807, 2.05) is 0 Å². The summed E-state index contributed by atoms with van der Waals surface area (Å²) < 4.78 is 10.8. The van der Waals surface area contributed by atoms with Crippen molar-refractivity contribution < 1.29 is 48.1 Å². The van der Waals surface area contributed by atoms with Gasteiger partial charge in [0.15, 0.2) is 0 Å². The van der Waals surface area contributed by atoms with Gasteiger partial charge in [0.2, 0.25) is 35.3 Å². The van der Waals surface area contributed by atoms with Gasteiger partial charge in [-0.3, -0.25) is 33.6 Å². The number of carbonyl (C=O) groups is 7. The summed E-state index contributed by atoms with van der Waals surface area (Å²) in [7, 11) is 5.94. The van der Waals surface area contributed by atoms with Crippen molar-refractivity contribution in [3.63, 3.8) is 0 Å². The van der Waals surface area contributed by atoms with E-state index in [1.54, 1.807) is 55.5 Å². The average molecular weight is 713 g/mol. The zero-order chi connectivity index (χ0) is 37.9. The highest BCUT2D eigenvalue weighted by atomic mass is 16.5. The Labute approximate surface area is 297 Å². The summed E-state index contributed by atoms with van der Waals surface area (Å²) in [6.07, 6.45) is 1.09. The van der Waals surface area contributed by atoms with Crippen LogP contribution in [-0.2, 0) is 40.0 Å². The quantitative estimate of drug-likeness (QED) is 0.0826. The molecule has 2 aromatic rings. The number of rotatable bonds is 21. The standard InChI is InChI=1S/C35H48N6O10/c1-6-11-27(41(4)31(46)22-36-29(44)18-23-16-25(50-5)19-26(17-23)51-15-10-14-42)33(47)37-20-28(43)34(48)38-21-30(45)39-32(35(49)40(2)3)24-12-8-7-9-13-24/h7-9,12-13,16-17,19,27,32,42H,6,10-11,14-15,18,20-22H2,1-5H3,(H,36,44)(H,37,47)(H,38,48)(H,39,45). The summed E-state index contributed by atoms with van der Waals surface area (Å²) in [6, 6.07) is 11.5. The summed E-state index contributed by atoms with van der Waals surface area (Å²) in [5.41, 5.74) is 1.10. The summed E-state index contributed by atoms with van der Waals surface area (Å²) in [6.45, 7) is 0.361. The van der Waals surface area contributed by atoms with E-state index in [2.05, 4.69) is 21.3 Å². The molecule has 0 aromatic heterocycles. The van der Waals surface area contributed by atoms with E-state index >= 15 is 0 Å². The molecule has 16 nitrogen and oxygen atoms in total. The van der Waals surface area contributed by atoms with Crippen molar-refractivity contribution in [3.8, 4) is 11.5 Å². The molecular weight excluding hydrogens is 664 g/mol. The number of carbonyl (C=O) groups excluding carboxylic acids is 7. The van der Waals surface area contributed by atoms with Gasteiger partial charge in [0.05, 0.1) is 39.8 Å². The van der Waals surface area contributed by atoms with E-state index < -0.39 is 72.9 Å². The lowest BCUT2D eigenvalue weighted by Crippen LogP contribution is -2.52. The molecule has 2 atom stereocenters. The van der Waals surface area contributed by atoms with Crippen molar-refractivity contribution >= 4 is 41.2 Å². The zero-order valence-electron chi connectivity index (χ0n) is 29.7. The third-order valence-electron chi connectivity index (χ3n) is 7.49. The topological polar surface area (TPSA) is 213 Å². The Balaban J connectivity index is 1.88. The maximum absolute atomic E-state index is 13.0. The summed E-state index contributed by atoms with van der Waals surface area (Å²) in [5, 5.41) is 18.6. The third-order valence-corrected chi connectivity index (χ3v) is 7.49. The molecule has 6 amide bonds. The molecule has 0 spiro atoms. The predicted molar refractivity (Wildman–Crippen MR) is 185 cm³/mol. The molecule has 0 aliphatic rings. The van der Waals surface area contributed by atoms with E-state index in [9.17, 15) is 33.6 Å². The van der Waals surface area contributed by atoms with Gasteiger partial charge in [-0.15, -0.1) is 0 Å². The monoisotopic (exact) mass is 712 g/mol. The molecule has 51 heavy (non-hydrogen) atoms. The van der Waals surface area contributed by atoms with Crippen molar-refractivity contribution in [2.24, 2.45) is 0 Å². The molecule has 278 valence electrons. The number of ether oxygens (including phenoxy) is 2. The fourth-order valence-corrected chi connectivity index (χ4v) is 4.71. The van der Waals surface area contributed by atoms with E-state index in [1.165, 1.54) is 33.2 Å². The van der Waals surface area contributed by atoms with Crippen LogP contribution in [0.1, 0.15) is 43.4 Å². The number of nitrogens with one attached hydrogen (secondary N) is 4. The van der Waals surface area contributed by atoms with Crippen molar-refractivity contribution in [2.45, 2.75) is 44.7 Å². The number of Topliss-reactive ketones (excluding diaryl/α,β-unsaturated/α-hetero) is 1. The van der Waals surface area contributed by atoms with Crippen molar-refractivity contribution in [1.29, 1.82) is 0 Å². The molecule has 0 aliphatic heterocycles. The average Bonchev–Trinajstić information content (AvgIpc) is 3.12. The Bertz CT molecular complexity index is 1520. The second-order valence-corrected chi connectivity index (χ2v) is 11.7. The van der Waals surface area contributed by atoms with E-state index in [-0.39, 0.29) is 26.1 Å². The second-order valence-electron chi connectivity index (χ2n) is 11.7. The molecular formula is C35H48N6O10. The van der Waals surface area contributed by atoms with Gasteiger partial charge in [-0.05, 0) is 29.7 Å². The molecule has 0 aliphatic carbocycles. The van der Waals surface area contributed by atoms with Crippen LogP contribution < -0.4 is 30.7 Å². The summed E-state index contributed by atoms with van der Waals surface area (Å²) >= 11 is 0. The number of amides is 6. The first kappa shape index (κ1) is 41.7. The van der Waals surface area contributed by atoms with Gasteiger partial charge in [-0.1, -0.05) is 43.7 Å². The first-order valence-electron chi connectivity index (χ1n) is 16.4. The van der Waals surface area contributed by atoms with Gasteiger partial charge in [0.25, 0.3) is 5.91 Å². The number of ketones is 1. The number of aliphatic hydroxyl groups excluding tert-OH is 1. The lowest BCUT2D eigenvalue weighted by molar-refractivity contribution is -0.141. The maximum atomic E-state index is 13.0. The van der Waals surface area contributed by atoms with Crippen LogP contribution in [0.15, 0.2) is 48.5 Å². The number of aliphatic hydroxyl groups is 1. The Morgan fingerprint density at radius 1 is 0.843 bits per heavy atom. The SMILES string of the molecule is CCCC(C(=O)NCC(=O)C(=O)NCC(=O)NC(C(=O)N(C)C)c1ccccc1)N(C)C(=O)CNC(=O)Cc1cc(OC)cc(OCCCO)c1. The van der Waals surface area contributed by atoms with Gasteiger partial charge < -0.3 is 45.6 Å². The van der Waals surface area contributed by atoms with Crippen LogP contribution >= 0.6 is 0 Å². The fourth-order valence-electron chi connectivity index (χ4n) is 4.71. The van der Waals surface area contributed by atoms with Crippen LogP contribution in [-0.4, -0.2) is 123 Å². The molecule has 16 heteroatoms. The lowest BCUT2D eigenvalue weighted by atomic mass is 10.1. The molecule has 2 unspecified atom stereocenters. The number of hydrogen-bond acceptors (Lipinski definition) is 10. The largest absolute Gasteiger partial charge is 0.497 e. The van der Waals surface area contributed by atoms with Crippen LogP contribution in [0.25, 0.3) is 0 Å². The van der Waals surface area contributed by atoms with Gasteiger partial charge in [-0.2, -0.15) is 0 Å². The number of nitrogens with zero attached hydrogens (tertiary/aromatic N) is 2. The highest BCUT2D eigenvalue weighted by molar-refractivity contribution is 6.37. The van der Waals surface area contributed by atoms with Gasteiger partial charge in [-0.25, -0.2) is 0 Å². The van der Waals surface area contributed by atoms with Gasteiger partial charge in [0, 0.05) is 40.2 Å². The fraction of sp³-hybridized carbons (Fsp3) is 0.457. The minimum atomic E-state index is -1.13. The highest BCUT2D eigenvalue weighted by Crippen LogP contribution is 2.23. The number of benzene rings is 2. The number of hydrogen-bond donors (Lipinski definition) is 5. The first-order chi connectivity index (χ1) is 24.3. The molecule has 5 N–H and O–H groups in total. The second kappa shape index (κ2) is 21.5. The van der Waals surface area contributed by atoms with Gasteiger partial charge >= 0.3 is 0 Å². The van der Waals surface area contributed by atoms with Crippen LogP contribution in [0.3, 0.4) is 0 Å². The van der Waals surface area contributed by atoms with E-state index in [4.69, 9.17) is 14.6 Å². The minimum absolute atomic E-state index is 0.0288. The minimum Gasteiger partial charge on any atom is -0.497 e. The molecule has 0 radical (unpaired) electrons. The van der Waals surface area contributed by atoms with E-state index in [0.29, 0.717) is 35.5 Å². The molecule has 0 bridgehead atoms. The lowest BCUT2D eigenvalue weighted by Gasteiger charge is -2.27. The van der Waals surface area contributed by atoms with Crippen molar-refractivity contribution in [2.75, 3.05) is 61.1 Å². The van der Waals surface area contributed by atoms with Crippen molar-refractivity contribution in [3.05, 3.63) is 59.7 Å². The third kappa shape index (κ3) is 14.1. The normalized spacial score (nSPS) is 11.6. The maximum Gasteiger partial charge on any atom is 0.289 e. The predicted octanol–water partition coefficient (Wildman–Crippen LogP) is -0.511. The Hall–Kier alpha value is -5.51. The number of methoxy groups -OCH3 is 1. The Kier molecular flexibility index (Phi) is 17.6.